The number of furan rings is 1. The fraction of sp³-hybridized carbons (Fsp3) is 0.500. The predicted molar refractivity (Wildman–Crippen MR) is 238 cm³/mol. The Kier molecular flexibility index (Phi) is 14.4. The number of nitrogens with zero attached hydrogens (tertiary/aromatic N) is 2. The first kappa shape index (κ1) is 48.6. The summed E-state index contributed by atoms with van der Waals surface area (Å²) in [6.45, 7) is 18.4. The van der Waals surface area contributed by atoms with E-state index < -0.39 is 73.9 Å². The lowest BCUT2D eigenvalue weighted by molar-refractivity contribution is -0.142. The number of halogens is 1. The number of para-hydroxylation sites is 1. The first-order valence-electron chi connectivity index (χ1n) is 20.6. The van der Waals surface area contributed by atoms with E-state index in [1.807, 2.05) is 62.4 Å². The SMILES string of the molecule is C=C[C@@H]1CC1(NC(=O)[C@@H]1C[C@@H](Oc2nc(-c3ccc(OC(C)C)cc3)nc3c2oc2ccccc23)CN1)C(=O)NS(=O)(=O)C1CC1.CC(C)(C)OC(=O)N[C@H](C(=O)O)C(C)(C)C.Cl. The number of carbonyl (C=O) groups excluding carboxylic acids is 3. The van der Waals surface area contributed by atoms with Crippen LogP contribution in [0.5, 0.6) is 11.6 Å². The minimum atomic E-state index is -3.77. The van der Waals surface area contributed by atoms with Crippen LogP contribution in [-0.4, -0.2) is 94.6 Å². The Labute approximate surface area is 372 Å². The molecular formula is C44H57ClN6O11S. The van der Waals surface area contributed by atoms with E-state index in [1.165, 1.54) is 0 Å². The highest BCUT2D eigenvalue weighted by atomic mass is 35.5. The van der Waals surface area contributed by atoms with Crippen LogP contribution >= 0.6 is 12.4 Å². The molecule has 3 heterocycles. The molecule has 3 fully saturated rings. The van der Waals surface area contributed by atoms with Crippen LogP contribution in [0, 0.1) is 11.3 Å². The minimum Gasteiger partial charge on any atom is -0.491 e. The van der Waals surface area contributed by atoms with Gasteiger partial charge in [-0.3, -0.25) is 14.3 Å². The predicted octanol–water partition coefficient (Wildman–Crippen LogP) is 6.04. The van der Waals surface area contributed by atoms with E-state index in [0.717, 1.165) is 16.7 Å². The summed E-state index contributed by atoms with van der Waals surface area (Å²) in [5.41, 5.74) is -0.130. The van der Waals surface area contributed by atoms with Gasteiger partial charge in [0, 0.05) is 29.8 Å². The van der Waals surface area contributed by atoms with Crippen LogP contribution < -0.4 is 30.1 Å². The summed E-state index contributed by atoms with van der Waals surface area (Å²) in [5, 5.41) is 17.6. The van der Waals surface area contributed by atoms with E-state index in [4.69, 9.17) is 33.7 Å². The maximum atomic E-state index is 13.4. The third-order valence-electron chi connectivity index (χ3n) is 10.4. The normalized spacial score (nSPS) is 21.3. The lowest BCUT2D eigenvalue weighted by atomic mass is 9.87. The smallest absolute Gasteiger partial charge is 0.408 e. The number of carboxylic acid groups (broad SMARTS) is 1. The van der Waals surface area contributed by atoms with Crippen molar-refractivity contribution in [1.29, 1.82) is 0 Å². The van der Waals surface area contributed by atoms with Gasteiger partial charge in [0.05, 0.1) is 17.4 Å². The molecule has 17 nitrogen and oxygen atoms in total. The number of nitrogens with one attached hydrogen (secondary N) is 4. The summed E-state index contributed by atoms with van der Waals surface area (Å²) in [6, 6.07) is 13.4. The number of fused-ring (bicyclic) bond motifs is 3. The Morgan fingerprint density at radius 1 is 1.02 bits per heavy atom. The first-order chi connectivity index (χ1) is 29.0. The standard InChI is InChI=1S/C33H35N5O7S.C11H21NO4.ClH/c1-4-20-16-33(20,32(40)38-46(41,42)23-13-14-23)37-30(39)25-15-22(17-34-25)44-31-28-27(24-7-5-6-8-26(24)45-28)35-29(36-31)19-9-11-21(12-10-19)43-18(2)3;1-10(2,3)7(8(13)14)12-9(15)16-11(4,5)6;/h4-12,18,20,22-23,25,34H,1,13-17H2,2-3H3,(H,37,39)(H,38,40);7H,1-6H3,(H,12,15)(H,13,14);1H/t20-,22-,25+,33?;7-;/m11./s1. The number of sulfonamides is 1. The molecule has 2 aromatic heterocycles. The largest absolute Gasteiger partial charge is 0.491 e. The molecule has 5 atom stereocenters. The van der Waals surface area contributed by atoms with Crippen LogP contribution in [0.2, 0.25) is 0 Å². The monoisotopic (exact) mass is 912 g/mol. The molecule has 1 saturated heterocycles. The number of ether oxygens (including phenoxy) is 3. The van der Waals surface area contributed by atoms with Gasteiger partial charge in [0.2, 0.25) is 21.5 Å². The van der Waals surface area contributed by atoms with Gasteiger partial charge in [-0.1, -0.05) is 39.0 Å². The molecule has 342 valence electrons. The molecule has 2 saturated carbocycles. The topological polar surface area (TPSA) is 237 Å². The molecule has 0 spiro atoms. The van der Waals surface area contributed by atoms with Gasteiger partial charge < -0.3 is 39.7 Å². The Morgan fingerprint density at radius 3 is 2.25 bits per heavy atom. The Morgan fingerprint density at radius 2 is 1.68 bits per heavy atom. The summed E-state index contributed by atoms with van der Waals surface area (Å²) >= 11 is 0. The molecule has 1 aliphatic heterocycles. The molecule has 2 aromatic carbocycles. The third kappa shape index (κ3) is 11.8. The van der Waals surface area contributed by atoms with Crippen molar-refractivity contribution in [3.05, 3.63) is 61.2 Å². The van der Waals surface area contributed by atoms with Gasteiger partial charge in [-0.2, -0.15) is 4.98 Å². The summed E-state index contributed by atoms with van der Waals surface area (Å²) in [4.78, 5) is 58.4. The molecule has 0 bridgehead atoms. The van der Waals surface area contributed by atoms with Crippen LogP contribution in [0.3, 0.4) is 0 Å². The zero-order chi connectivity index (χ0) is 45.4. The number of hydrogen-bond donors (Lipinski definition) is 5. The Hall–Kier alpha value is -5.46. The van der Waals surface area contributed by atoms with E-state index >= 15 is 0 Å². The lowest BCUT2D eigenvalue weighted by Crippen LogP contribution is -2.55. The molecule has 0 radical (unpaired) electrons. The van der Waals surface area contributed by atoms with Crippen molar-refractivity contribution in [3.63, 3.8) is 0 Å². The fourth-order valence-electron chi connectivity index (χ4n) is 6.98. The van der Waals surface area contributed by atoms with Gasteiger partial charge in [-0.15, -0.1) is 19.0 Å². The number of amides is 3. The van der Waals surface area contributed by atoms with Crippen LogP contribution in [-0.2, 0) is 29.1 Å². The van der Waals surface area contributed by atoms with Crippen LogP contribution in [0.15, 0.2) is 65.6 Å². The Balaban J connectivity index is 0.000000377. The summed E-state index contributed by atoms with van der Waals surface area (Å²) in [7, 11) is -3.77. The van der Waals surface area contributed by atoms with Crippen molar-refractivity contribution in [2.75, 3.05) is 6.54 Å². The number of benzene rings is 2. The van der Waals surface area contributed by atoms with E-state index in [0.29, 0.717) is 41.9 Å². The van der Waals surface area contributed by atoms with Crippen molar-refractivity contribution in [2.45, 2.75) is 122 Å². The van der Waals surface area contributed by atoms with Crippen molar-refractivity contribution in [1.82, 2.24) is 30.6 Å². The van der Waals surface area contributed by atoms with Crippen LogP contribution in [0.4, 0.5) is 4.79 Å². The van der Waals surface area contributed by atoms with Crippen LogP contribution in [0.25, 0.3) is 33.5 Å². The summed E-state index contributed by atoms with van der Waals surface area (Å²) in [6.07, 6.45) is 2.04. The Bertz CT molecular complexity index is 2460. The van der Waals surface area contributed by atoms with E-state index in [2.05, 4.69) is 27.3 Å². The summed E-state index contributed by atoms with van der Waals surface area (Å²) < 4.78 is 50.3. The molecule has 3 amide bonds. The highest BCUT2D eigenvalue weighted by molar-refractivity contribution is 7.91. The zero-order valence-electron chi connectivity index (χ0n) is 36.6. The average Bonchev–Trinajstić information content (AvgIpc) is 4.07. The molecule has 7 rings (SSSR count). The molecule has 1 unspecified atom stereocenters. The lowest BCUT2D eigenvalue weighted by Gasteiger charge is -2.29. The number of carbonyl (C=O) groups is 4. The van der Waals surface area contributed by atoms with Gasteiger partial charge in [0.1, 0.15) is 40.1 Å². The number of alkyl carbamates (subject to hydrolysis) is 1. The third-order valence-corrected chi connectivity index (χ3v) is 12.2. The second-order valence-electron chi connectivity index (χ2n) is 18.2. The van der Waals surface area contributed by atoms with Gasteiger partial charge in [-0.05, 0) is 95.7 Å². The number of aromatic nitrogens is 2. The van der Waals surface area contributed by atoms with Crippen molar-refractivity contribution in [3.8, 4) is 23.0 Å². The van der Waals surface area contributed by atoms with E-state index in [-0.39, 0.29) is 43.2 Å². The van der Waals surface area contributed by atoms with E-state index in [1.54, 1.807) is 47.6 Å². The highest BCUT2D eigenvalue weighted by Crippen LogP contribution is 2.45. The zero-order valence-corrected chi connectivity index (χ0v) is 38.3. The molecule has 19 heteroatoms. The molecule has 3 aliphatic rings. The maximum absolute atomic E-state index is 13.4. The van der Waals surface area contributed by atoms with Gasteiger partial charge in [-0.25, -0.2) is 23.0 Å². The minimum absolute atomic E-state index is 0. The average molecular weight is 913 g/mol. The van der Waals surface area contributed by atoms with Crippen molar-refractivity contribution >= 4 is 68.4 Å². The number of hydrogen-bond acceptors (Lipinski definition) is 13. The molecule has 5 N–H and O–H groups in total. The van der Waals surface area contributed by atoms with Gasteiger partial charge in [0.15, 0.2) is 5.82 Å². The number of aliphatic carboxylic acids is 1. The second kappa shape index (κ2) is 18.7. The van der Waals surface area contributed by atoms with E-state index in [9.17, 15) is 27.6 Å². The maximum Gasteiger partial charge on any atom is 0.408 e. The number of rotatable bonds is 13. The second-order valence-corrected chi connectivity index (χ2v) is 20.2. The van der Waals surface area contributed by atoms with Gasteiger partial charge in [0.25, 0.3) is 11.8 Å². The highest BCUT2D eigenvalue weighted by Gasteiger charge is 2.61. The summed E-state index contributed by atoms with van der Waals surface area (Å²) in [5.74, 6) is -1.15. The van der Waals surface area contributed by atoms with Crippen molar-refractivity contribution < 1.29 is 51.3 Å². The quantitative estimate of drug-likeness (QED) is 0.0962. The molecule has 63 heavy (non-hydrogen) atoms. The molecule has 2 aliphatic carbocycles. The number of carboxylic acids is 1. The molecular weight excluding hydrogens is 856 g/mol. The first-order valence-corrected chi connectivity index (χ1v) is 22.1. The van der Waals surface area contributed by atoms with Crippen molar-refractivity contribution in [2.24, 2.45) is 11.3 Å². The fourth-order valence-corrected chi connectivity index (χ4v) is 8.34. The molecule has 4 aromatic rings. The van der Waals surface area contributed by atoms with Crippen LogP contribution in [0.1, 0.15) is 81.1 Å². The van der Waals surface area contributed by atoms with Gasteiger partial charge >= 0.3 is 12.1 Å².